The van der Waals surface area contributed by atoms with E-state index < -0.39 is 0 Å². The molecule has 0 radical (unpaired) electrons. The van der Waals surface area contributed by atoms with Crippen molar-refractivity contribution in [3.05, 3.63) is 34.9 Å². The molecule has 0 unspecified atom stereocenters. The van der Waals surface area contributed by atoms with Gasteiger partial charge in [0.15, 0.2) is 5.78 Å². The van der Waals surface area contributed by atoms with Crippen LogP contribution in [0.15, 0.2) is 18.2 Å². The molecule has 2 heteroatoms. The molecule has 2 nitrogen and oxygen atoms in total. The van der Waals surface area contributed by atoms with Gasteiger partial charge in [-0.3, -0.25) is 4.79 Å². The SMILES string of the molecule is CCc1cc(C(C)=O)ccc1CO. The third-order valence-corrected chi connectivity index (χ3v) is 2.16. The lowest BCUT2D eigenvalue weighted by Gasteiger charge is -2.06. The Morgan fingerprint density at radius 2 is 2.08 bits per heavy atom. The average Bonchev–Trinajstić information content (AvgIpc) is 2.16. The minimum Gasteiger partial charge on any atom is -0.392 e. The Hall–Kier alpha value is -1.15. The first-order valence-corrected chi connectivity index (χ1v) is 4.42. The summed E-state index contributed by atoms with van der Waals surface area (Å²) in [4.78, 5) is 11.1. The summed E-state index contributed by atoms with van der Waals surface area (Å²) in [7, 11) is 0. The molecule has 0 amide bonds. The van der Waals surface area contributed by atoms with Gasteiger partial charge in [0, 0.05) is 5.56 Å². The number of benzene rings is 1. The first kappa shape index (κ1) is 9.93. The van der Waals surface area contributed by atoms with E-state index in [-0.39, 0.29) is 12.4 Å². The Kier molecular flexibility index (Phi) is 3.20. The number of ketones is 1. The van der Waals surface area contributed by atoms with Gasteiger partial charge >= 0.3 is 0 Å². The zero-order valence-electron chi connectivity index (χ0n) is 8.00. The highest BCUT2D eigenvalue weighted by molar-refractivity contribution is 5.94. The van der Waals surface area contributed by atoms with Gasteiger partial charge in [-0.1, -0.05) is 19.1 Å². The second-order valence-electron chi connectivity index (χ2n) is 3.05. The fourth-order valence-electron chi connectivity index (χ4n) is 1.33. The van der Waals surface area contributed by atoms with E-state index in [9.17, 15) is 4.79 Å². The van der Waals surface area contributed by atoms with E-state index in [0.29, 0.717) is 5.56 Å². The van der Waals surface area contributed by atoms with E-state index in [0.717, 1.165) is 17.5 Å². The minimum absolute atomic E-state index is 0.0430. The van der Waals surface area contributed by atoms with Gasteiger partial charge in [0.05, 0.1) is 6.61 Å². The van der Waals surface area contributed by atoms with Crippen molar-refractivity contribution in [1.29, 1.82) is 0 Å². The Morgan fingerprint density at radius 3 is 2.54 bits per heavy atom. The first-order valence-electron chi connectivity index (χ1n) is 4.42. The molecular weight excluding hydrogens is 164 g/mol. The fourth-order valence-corrected chi connectivity index (χ4v) is 1.33. The number of carbonyl (C=O) groups excluding carboxylic acids is 1. The number of hydrogen-bond donors (Lipinski definition) is 1. The van der Waals surface area contributed by atoms with Crippen molar-refractivity contribution in [2.45, 2.75) is 26.9 Å². The molecule has 0 aliphatic heterocycles. The molecule has 0 aromatic heterocycles. The summed E-state index contributed by atoms with van der Waals surface area (Å²) in [5.74, 6) is 0.0687. The third-order valence-electron chi connectivity index (χ3n) is 2.16. The quantitative estimate of drug-likeness (QED) is 0.718. The lowest BCUT2D eigenvalue weighted by atomic mass is 10.0. The van der Waals surface area contributed by atoms with Gasteiger partial charge in [0.1, 0.15) is 0 Å². The van der Waals surface area contributed by atoms with E-state index >= 15 is 0 Å². The number of rotatable bonds is 3. The molecule has 0 aliphatic rings. The highest BCUT2D eigenvalue weighted by atomic mass is 16.3. The zero-order chi connectivity index (χ0) is 9.84. The van der Waals surface area contributed by atoms with Crippen LogP contribution in [0, 0.1) is 0 Å². The molecule has 1 rings (SSSR count). The number of hydrogen-bond acceptors (Lipinski definition) is 2. The van der Waals surface area contributed by atoms with Crippen LogP contribution >= 0.6 is 0 Å². The maximum absolute atomic E-state index is 11.1. The van der Waals surface area contributed by atoms with Crippen LogP contribution in [-0.2, 0) is 13.0 Å². The maximum atomic E-state index is 11.1. The van der Waals surface area contributed by atoms with E-state index in [2.05, 4.69) is 0 Å². The van der Waals surface area contributed by atoms with Crippen LogP contribution in [0.2, 0.25) is 0 Å². The van der Waals surface area contributed by atoms with E-state index in [1.165, 1.54) is 0 Å². The van der Waals surface area contributed by atoms with Gasteiger partial charge in [0.2, 0.25) is 0 Å². The molecule has 1 aromatic rings. The van der Waals surface area contributed by atoms with Crippen LogP contribution in [0.1, 0.15) is 35.3 Å². The molecule has 0 fully saturated rings. The molecule has 0 aliphatic carbocycles. The summed E-state index contributed by atoms with van der Waals surface area (Å²) >= 11 is 0. The second kappa shape index (κ2) is 4.19. The Labute approximate surface area is 78.2 Å². The smallest absolute Gasteiger partial charge is 0.159 e. The van der Waals surface area contributed by atoms with Crippen LogP contribution in [0.5, 0.6) is 0 Å². The van der Waals surface area contributed by atoms with Crippen molar-refractivity contribution in [2.75, 3.05) is 0 Å². The Morgan fingerprint density at radius 1 is 1.38 bits per heavy atom. The van der Waals surface area contributed by atoms with Crippen molar-refractivity contribution in [3.63, 3.8) is 0 Å². The minimum atomic E-state index is 0.0430. The molecule has 0 atom stereocenters. The second-order valence-corrected chi connectivity index (χ2v) is 3.05. The number of aliphatic hydroxyl groups is 1. The van der Waals surface area contributed by atoms with Crippen LogP contribution in [0.25, 0.3) is 0 Å². The topological polar surface area (TPSA) is 37.3 Å². The summed E-state index contributed by atoms with van der Waals surface area (Å²) in [6.45, 7) is 3.60. The standard InChI is InChI=1S/C11H14O2/c1-3-9-6-10(8(2)13)4-5-11(9)7-12/h4-6,12H,3,7H2,1-2H3. The molecule has 0 bridgehead atoms. The van der Waals surface area contributed by atoms with Crippen molar-refractivity contribution < 1.29 is 9.90 Å². The van der Waals surface area contributed by atoms with Crippen LogP contribution in [0.4, 0.5) is 0 Å². The van der Waals surface area contributed by atoms with Gasteiger partial charge in [-0.25, -0.2) is 0 Å². The van der Waals surface area contributed by atoms with Gasteiger partial charge in [0.25, 0.3) is 0 Å². The largest absolute Gasteiger partial charge is 0.392 e. The molecule has 1 N–H and O–H groups in total. The summed E-state index contributed by atoms with van der Waals surface area (Å²) < 4.78 is 0. The van der Waals surface area contributed by atoms with Crippen molar-refractivity contribution in [3.8, 4) is 0 Å². The predicted octanol–water partition coefficient (Wildman–Crippen LogP) is 1.94. The highest BCUT2D eigenvalue weighted by Crippen LogP contribution is 2.13. The lowest BCUT2D eigenvalue weighted by Crippen LogP contribution is -1.98. The Bertz CT molecular complexity index is 316. The molecule has 13 heavy (non-hydrogen) atoms. The lowest BCUT2D eigenvalue weighted by molar-refractivity contribution is 0.101. The van der Waals surface area contributed by atoms with E-state index in [1.807, 2.05) is 19.1 Å². The van der Waals surface area contributed by atoms with E-state index in [1.54, 1.807) is 13.0 Å². The first-order chi connectivity index (χ1) is 6.19. The summed E-state index contributed by atoms with van der Waals surface area (Å²) in [6, 6.07) is 5.43. The molecular formula is C11H14O2. The van der Waals surface area contributed by atoms with Crippen molar-refractivity contribution in [1.82, 2.24) is 0 Å². The number of aliphatic hydroxyl groups excluding tert-OH is 1. The molecule has 70 valence electrons. The van der Waals surface area contributed by atoms with Gasteiger partial charge < -0.3 is 5.11 Å². The normalized spacial score (nSPS) is 10.1. The molecule has 0 spiro atoms. The summed E-state index contributed by atoms with van der Waals surface area (Å²) in [5.41, 5.74) is 2.68. The van der Waals surface area contributed by atoms with Crippen molar-refractivity contribution in [2.24, 2.45) is 0 Å². The molecule has 0 saturated carbocycles. The average molecular weight is 178 g/mol. The van der Waals surface area contributed by atoms with Crippen LogP contribution in [0.3, 0.4) is 0 Å². The summed E-state index contributed by atoms with van der Waals surface area (Å²) in [6.07, 6.45) is 0.844. The fraction of sp³-hybridized carbons (Fsp3) is 0.364. The molecule has 0 heterocycles. The highest BCUT2D eigenvalue weighted by Gasteiger charge is 2.03. The van der Waals surface area contributed by atoms with Gasteiger partial charge in [-0.2, -0.15) is 0 Å². The monoisotopic (exact) mass is 178 g/mol. The summed E-state index contributed by atoms with van der Waals surface area (Å²) in [5, 5.41) is 8.99. The van der Waals surface area contributed by atoms with Crippen LogP contribution < -0.4 is 0 Å². The third kappa shape index (κ3) is 2.16. The number of carbonyl (C=O) groups is 1. The molecule has 0 saturated heterocycles. The van der Waals surface area contributed by atoms with Crippen molar-refractivity contribution >= 4 is 5.78 Å². The molecule has 1 aromatic carbocycles. The Balaban J connectivity index is 3.13. The number of Topliss-reactive ketones (excluding diaryl/α,β-unsaturated/α-hetero) is 1. The maximum Gasteiger partial charge on any atom is 0.159 e. The number of aryl methyl sites for hydroxylation is 1. The van der Waals surface area contributed by atoms with Gasteiger partial charge in [-0.05, 0) is 30.5 Å². The van der Waals surface area contributed by atoms with Crippen LogP contribution in [-0.4, -0.2) is 10.9 Å². The van der Waals surface area contributed by atoms with Gasteiger partial charge in [-0.15, -0.1) is 0 Å². The van der Waals surface area contributed by atoms with E-state index in [4.69, 9.17) is 5.11 Å². The zero-order valence-corrected chi connectivity index (χ0v) is 8.00. The predicted molar refractivity (Wildman–Crippen MR) is 51.7 cm³/mol.